The molecule has 0 saturated carbocycles. The summed E-state index contributed by atoms with van der Waals surface area (Å²) in [5.74, 6) is 0.0631. The first kappa shape index (κ1) is 16.0. The molecule has 0 heterocycles. The van der Waals surface area contributed by atoms with Gasteiger partial charge < -0.3 is 15.2 Å². The van der Waals surface area contributed by atoms with Gasteiger partial charge in [-0.1, -0.05) is 0 Å². The monoisotopic (exact) mass is 292 g/mol. The van der Waals surface area contributed by atoms with E-state index in [0.29, 0.717) is 0 Å². The van der Waals surface area contributed by atoms with Gasteiger partial charge in [0.1, 0.15) is 6.04 Å². The standard InChI is InChI=1S/C13H12N2O6/c1-3-4-9(13(17)18)14-12(16)8-5-6-11(21-2)10(7-8)15(19)20/h1,5-7,9H,4H2,2H3,(H,14,16)(H,17,18). The predicted octanol–water partition coefficient (Wildman–Crippen LogP) is 0.810. The number of amides is 1. The maximum Gasteiger partial charge on any atom is 0.327 e. The second-order valence-corrected chi connectivity index (χ2v) is 3.92. The lowest BCUT2D eigenvalue weighted by molar-refractivity contribution is -0.385. The van der Waals surface area contributed by atoms with Crippen molar-refractivity contribution in [2.75, 3.05) is 7.11 Å². The van der Waals surface area contributed by atoms with Gasteiger partial charge in [-0.05, 0) is 12.1 Å². The summed E-state index contributed by atoms with van der Waals surface area (Å²) >= 11 is 0. The number of carbonyl (C=O) groups excluding carboxylic acids is 1. The topological polar surface area (TPSA) is 119 Å². The van der Waals surface area contributed by atoms with Gasteiger partial charge in [-0.2, -0.15) is 0 Å². The van der Waals surface area contributed by atoms with Crippen LogP contribution in [0.25, 0.3) is 0 Å². The number of benzene rings is 1. The molecule has 8 heteroatoms. The predicted molar refractivity (Wildman–Crippen MR) is 72.0 cm³/mol. The van der Waals surface area contributed by atoms with Crippen LogP contribution >= 0.6 is 0 Å². The van der Waals surface area contributed by atoms with Gasteiger partial charge in [0.05, 0.1) is 12.0 Å². The molecule has 21 heavy (non-hydrogen) atoms. The Kier molecular flexibility index (Phi) is 5.25. The average Bonchev–Trinajstić information content (AvgIpc) is 2.45. The van der Waals surface area contributed by atoms with E-state index in [0.717, 1.165) is 6.07 Å². The average molecular weight is 292 g/mol. The molecule has 8 nitrogen and oxygen atoms in total. The molecule has 1 rings (SSSR count). The molecule has 2 N–H and O–H groups in total. The Morgan fingerprint density at radius 2 is 2.24 bits per heavy atom. The van der Waals surface area contributed by atoms with E-state index < -0.39 is 28.5 Å². The van der Waals surface area contributed by atoms with E-state index in [1.165, 1.54) is 19.2 Å². The molecule has 1 aromatic carbocycles. The third kappa shape index (κ3) is 3.94. The fraction of sp³-hybridized carbons (Fsp3) is 0.231. The molecular weight excluding hydrogens is 280 g/mol. The molecule has 1 unspecified atom stereocenters. The summed E-state index contributed by atoms with van der Waals surface area (Å²) in [6.45, 7) is 0. The van der Waals surface area contributed by atoms with Crippen LogP contribution in [0.1, 0.15) is 16.8 Å². The van der Waals surface area contributed by atoms with E-state index in [1.54, 1.807) is 0 Å². The Morgan fingerprint density at radius 3 is 2.71 bits per heavy atom. The van der Waals surface area contributed by atoms with E-state index >= 15 is 0 Å². The van der Waals surface area contributed by atoms with Gasteiger partial charge in [0.15, 0.2) is 5.75 Å². The number of carboxylic acid groups (broad SMARTS) is 1. The molecule has 1 amide bonds. The lowest BCUT2D eigenvalue weighted by Crippen LogP contribution is -2.40. The van der Waals surface area contributed by atoms with E-state index in [9.17, 15) is 19.7 Å². The molecule has 0 saturated heterocycles. The zero-order chi connectivity index (χ0) is 16.0. The van der Waals surface area contributed by atoms with Crippen molar-refractivity contribution >= 4 is 17.6 Å². The third-order valence-electron chi connectivity index (χ3n) is 2.56. The number of nitrogens with zero attached hydrogens (tertiary/aromatic N) is 1. The van der Waals surface area contributed by atoms with Gasteiger partial charge in [-0.3, -0.25) is 14.9 Å². The van der Waals surface area contributed by atoms with Crippen molar-refractivity contribution in [2.45, 2.75) is 12.5 Å². The first-order valence-corrected chi connectivity index (χ1v) is 5.70. The van der Waals surface area contributed by atoms with Crippen molar-refractivity contribution in [2.24, 2.45) is 0 Å². The minimum absolute atomic E-state index is 0.00467. The highest BCUT2D eigenvalue weighted by molar-refractivity contribution is 5.97. The Labute approximate surface area is 119 Å². The number of nitro benzene ring substituents is 1. The van der Waals surface area contributed by atoms with Crippen LogP contribution in [0.15, 0.2) is 18.2 Å². The van der Waals surface area contributed by atoms with Crippen LogP contribution in [0.2, 0.25) is 0 Å². The van der Waals surface area contributed by atoms with Crippen molar-refractivity contribution in [1.82, 2.24) is 5.32 Å². The molecule has 0 aliphatic rings. The zero-order valence-corrected chi connectivity index (χ0v) is 11.0. The second kappa shape index (κ2) is 6.91. The Morgan fingerprint density at radius 1 is 1.57 bits per heavy atom. The molecule has 0 aromatic heterocycles. The Balaban J connectivity index is 3.03. The zero-order valence-electron chi connectivity index (χ0n) is 11.0. The van der Waals surface area contributed by atoms with Crippen molar-refractivity contribution < 1.29 is 24.4 Å². The highest BCUT2D eigenvalue weighted by atomic mass is 16.6. The fourth-order valence-electron chi connectivity index (χ4n) is 1.53. The summed E-state index contributed by atoms with van der Waals surface area (Å²) in [5, 5.41) is 21.9. The SMILES string of the molecule is C#CCC(NC(=O)c1ccc(OC)c([N+](=O)[O-])c1)C(=O)O. The maximum absolute atomic E-state index is 11.9. The Bertz CT molecular complexity index is 620. The van der Waals surface area contributed by atoms with Gasteiger partial charge in [-0.25, -0.2) is 4.79 Å². The van der Waals surface area contributed by atoms with Gasteiger partial charge in [-0.15, -0.1) is 12.3 Å². The number of terminal acetylenes is 1. The number of aliphatic carboxylic acids is 1. The van der Waals surface area contributed by atoms with Gasteiger partial charge in [0, 0.05) is 18.1 Å². The van der Waals surface area contributed by atoms with Crippen LogP contribution in [0.4, 0.5) is 5.69 Å². The summed E-state index contributed by atoms with van der Waals surface area (Å²) in [6, 6.07) is 2.28. The first-order valence-electron chi connectivity index (χ1n) is 5.70. The number of hydrogen-bond acceptors (Lipinski definition) is 5. The second-order valence-electron chi connectivity index (χ2n) is 3.92. The molecule has 0 aliphatic carbocycles. The van der Waals surface area contributed by atoms with Gasteiger partial charge in [0.2, 0.25) is 0 Å². The molecule has 0 bridgehead atoms. The minimum Gasteiger partial charge on any atom is -0.490 e. The van der Waals surface area contributed by atoms with Crippen molar-refractivity contribution in [3.8, 4) is 18.1 Å². The molecule has 0 radical (unpaired) electrons. The van der Waals surface area contributed by atoms with E-state index in [4.69, 9.17) is 16.3 Å². The largest absolute Gasteiger partial charge is 0.490 e. The number of ether oxygens (including phenoxy) is 1. The van der Waals surface area contributed by atoms with Crippen LogP contribution in [0.5, 0.6) is 5.75 Å². The smallest absolute Gasteiger partial charge is 0.327 e. The molecule has 110 valence electrons. The lowest BCUT2D eigenvalue weighted by atomic mass is 10.1. The number of nitrogens with one attached hydrogen (secondary N) is 1. The summed E-state index contributed by atoms with van der Waals surface area (Å²) in [6.07, 6.45) is 4.82. The number of carbonyl (C=O) groups is 2. The highest BCUT2D eigenvalue weighted by Crippen LogP contribution is 2.27. The number of hydrogen-bond donors (Lipinski definition) is 2. The number of nitro groups is 1. The van der Waals surface area contributed by atoms with Crippen LogP contribution in [0, 0.1) is 22.5 Å². The van der Waals surface area contributed by atoms with E-state index in [2.05, 4.69) is 11.2 Å². The lowest BCUT2D eigenvalue weighted by Gasteiger charge is -2.12. The van der Waals surface area contributed by atoms with Crippen molar-refractivity contribution in [1.29, 1.82) is 0 Å². The number of rotatable bonds is 6. The molecular formula is C13H12N2O6. The summed E-state index contributed by atoms with van der Waals surface area (Å²) in [7, 11) is 1.26. The summed E-state index contributed by atoms with van der Waals surface area (Å²) in [4.78, 5) is 33.0. The number of carboxylic acids is 1. The quantitative estimate of drug-likeness (QED) is 0.455. The molecule has 0 spiro atoms. The van der Waals surface area contributed by atoms with Gasteiger partial charge >= 0.3 is 11.7 Å². The van der Waals surface area contributed by atoms with Crippen molar-refractivity contribution in [3.05, 3.63) is 33.9 Å². The van der Waals surface area contributed by atoms with Crippen LogP contribution in [-0.2, 0) is 4.79 Å². The van der Waals surface area contributed by atoms with Crippen LogP contribution in [0.3, 0.4) is 0 Å². The minimum atomic E-state index is -1.29. The molecule has 0 fully saturated rings. The number of methoxy groups -OCH3 is 1. The normalized spacial score (nSPS) is 11.0. The third-order valence-corrected chi connectivity index (χ3v) is 2.56. The molecule has 1 aromatic rings. The van der Waals surface area contributed by atoms with E-state index in [1.807, 2.05) is 0 Å². The fourth-order valence-corrected chi connectivity index (χ4v) is 1.53. The summed E-state index contributed by atoms with van der Waals surface area (Å²) < 4.78 is 4.81. The Hall–Kier alpha value is -3.08. The van der Waals surface area contributed by atoms with E-state index in [-0.39, 0.29) is 17.7 Å². The molecule has 1 atom stereocenters. The summed E-state index contributed by atoms with van der Waals surface area (Å²) in [5.41, 5.74) is -0.459. The van der Waals surface area contributed by atoms with Crippen molar-refractivity contribution in [3.63, 3.8) is 0 Å². The highest BCUT2D eigenvalue weighted by Gasteiger charge is 2.22. The van der Waals surface area contributed by atoms with Crippen LogP contribution < -0.4 is 10.1 Å². The van der Waals surface area contributed by atoms with Gasteiger partial charge in [0.25, 0.3) is 5.91 Å². The maximum atomic E-state index is 11.9. The first-order chi connectivity index (χ1) is 9.90. The molecule has 0 aliphatic heterocycles. The van der Waals surface area contributed by atoms with Crippen LogP contribution in [-0.4, -0.2) is 35.1 Å².